The Hall–Kier alpha value is -2.73. The molecule has 27 heavy (non-hydrogen) atoms. The molecule has 1 heterocycles. The van der Waals surface area contributed by atoms with E-state index in [1.165, 1.54) is 12.1 Å². The van der Waals surface area contributed by atoms with Gasteiger partial charge in [-0.2, -0.15) is 0 Å². The van der Waals surface area contributed by atoms with E-state index in [0.29, 0.717) is 44.8 Å². The van der Waals surface area contributed by atoms with Crippen LogP contribution >= 0.6 is 0 Å². The van der Waals surface area contributed by atoms with E-state index in [2.05, 4.69) is 10.2 Å². The summed E-state index contributed by atoms with van der Waals surface area (Å²) in [6, 6.07) is 13.6. The minimum Gasteiger partial charge on any atom is -0.355 e. The van der Waals surface area contributed by atoms with Crippen LogP contribution in [0.5, 0.6) is 0 Å². The quantitative estimate of drug-likeness (QED) is 0.881. The van der Waals surface area contributed by atoms with Gasteiger partial charge in [-0.15, -0.1) is 0 Å². The maximum atomic E-state index is 13.5. The third-order valence-electron chi connectivity index (χ3n) is 4.67. The van der Waals surface area contributed by atoms with Crippen LogP contribution in [0.3, 0.4) is 0 Å². The summed E-state index contributed by atoms with van der Waals surface area (Å²) in [5, 5.41) is 2.79. The smallest absolute Gasteiger partial charge is 0.253 e. The number of benzene rings is 2. The lowest BCUT2D eigenvalue weighted by atomic mass is 10.0. The van der Waals surface area contributed by atoms with Crippen LogP contribution in [0, 0.1) is 5.82 Å². The second-order valence-corrected chi connectivity index (χ2v) is 6.61. The summed E-state index contributed by atoms with van der Waals surface area (Å²) in [4.78, 5) is 28.4. The third-order valence-corrected chi connectivity index (χ3v) is 4.67. The Bertz CT molecular complexity index is 817. The molecule has 3 rings (SSSR count). The number of likely N-dealkylation sites (N-methyl/N-ethyl adjacent to an activating group) is 1. The van der Waals surface area contributed by atoms with Gasteiger partial charge in [0.2, 0.25) is 5.91 Å². The zero-order valence-electron chi connectivity index (χ0n) is 15.5. The van der Waals surface area contributed by atoms with E-state index in [1.54, 1.807) is 23.1 Å². The second-order valence-electron chi connectivity index (χ2n) is 6.61. The van der Waals surface area contributed by atoms with Crippen molar-refractivity contribution in [3.63, 3.8) is 0 Å². The van der Waals surface area contributed by atoms with E-state index in [0.717, 1.165) is 11.1 Å². The van der Waals surface area contributed by atoms with Crippen molar-refractivity contribution in [3.8, 4) is 11.1 Å². The molecule has 142 valence electrons. The van der Waals surface area contributed by atoms with Crippen LogP contribution in [-0.4, -0.2) is 60.9 Å². The zero-order valence-corrected chi connectivity index (χ0v) is 15.5. The van der Waals surface area contributed by atoms with E-state index >= 15 is 0 Å². The summed E-state index contributed by atoms with van der Waals surface area (Å²) in [5.41, 5.74) is 2.15. The molecule has 0 unspecified atom stereocenters. The van der Waals surface area contributed by atoms with Gasteiger partial charge in [-0.25, -0.2) is 4.39 Å². The van der Waals surface area contributed by atoms with E-state index in [1.807, 2.05) is 25.1 Å². The predicted octanol–water partition coefficient (Wildman–Crippen LogP) is 2.39. The lowest BCUT2D eigenvalue weighted by Gasteiger charge is -2.34. The molecule has 5 nitrogen and oxygen atoms in total. The Labute approximate surface area is 158 Å². The number of amides is 2. The minimum atomic E-state index is -0.299. The summed E-state index contributed by atoms with van der Waals surface area (Å²) in [6.07, 6.45) is 0. The normalized spacial score (nSPS) is 14.8. The second kappa shape index (κ2) is 8.77. The first-order valence-corrected chi connectivity index (χ1v) is 9.21. The van der Waals surface area contributed by atoms with Crippen molar-refractivity contribution >= 4 is 11.8 Å². The van der Waals surface area contributed by atoms with Crippen LogP contribution in [0.15, 0.2) is 48.5 Å². The van der Waals surface area contributed by atoms with Crippen molar-refractivity contribution in [1.29, 1.82) is 0 Å². The highest BCUT2D eigenvalue weighted by Gasteiger charge is 2.23. The Balaban J connectivity index is 1.64. The van der Waals surface area contributed by atoms with Gasteiger partial charge in [0.25, 0.3) is 5.91 Å². The molecule has 1 N–H and O–H groups in total. The Morgan fingerprint density at radius 1 is 1.00 bits per heavy atom. The SMILES string of the molecule is CCNC(=O)CN1CCN(C(=O)c2cccc(-c3cccc(F)c3)c2)CC1. The van der Waals surface area contributed by atoms with E-state index in [4.69, 9.17) is 0 Å². The van der Waals surface area contributed by atoms with Gasteiger partial charge in [0.05, 0.1) is 6.54 Å². The zero-order chi connectivity index (χ0) is 19.2. The van der Waals surface area contributed by atoms with Gasteiger partial charge in [0.1, 0.15) is 5.82 Å². The fourth-order valence-electron chi connectivity index (χ4n) is 3.25. The molecule has 1 fully saturated rings. The minimum absolute atomic E-state index is 0.0140. The van der Waals surface area contributed by atoms with Crippen molar-refractivity contribution in [2.75, 3.05) is 39.3 Å². The number of carbonyl (C=O) groups is 2. The molecule has 0 atom stereocenters. The van der Waals surface area contributed by atoms with Crippen LogP contribution in [-0.2, 0) is 4.79 Å². The summed E-state index contributed by atoms with van der Waals surface area (Å²) < 4.78 is 13.5. The first-order valence-electron chi connectivity index (χ1n) is 9.21. The highest BCUT2D eigenvalue weighted by molar-refractivity contribution is 5.95. The summed E-state index contributed by atoms with van der Waals surface area (Å²) in [7, 11) is 0. The van der Waals surface area contributed by atoms with Crippen molar-refractivity contribution in [2.45, 2.75) is 6.92 Å². The number of piperazine rings is 1. The fraction of sp³-hybridized carbons (Fsp3) is 0.333. The molecule has 2 amide bonds. The van der Waals surface area contributed by atoms with Crippen molar-refractivity contribution in [3.05, 3.63) is 59.9 Å². The average molecular weight is 369 g/mol. The van der Waals surface area contributed by atoms with E-state index in [-0.39, 0.29) is 17.6 Å². The van der Waals surface area contributed by atoms with Crippen LogP contribution in [0.4, 0.5) is 4.39 Å². The molecular weight excluding hydrogens is 345 g/mol. The monoisotopic (exact) mass is 369 g/mol. The largest absolute Gasteiger partial charge is 0.355 e. The van der Waals surface area contributed by atoms with Gasteiger partial charge >= 0.3 is 0 Å². The molecule has 1 aliphatic rings. The maximum Gasteiger partial charge on any atom is 0.253 e. The Morgan fingerprint density at radius 2 is 1.67 bits per heavy atom. The van der Waals surface area contributed by atoms with Crippen molar-refractivity contribution < 1.29 is 14.0 Å². The van der Waals surface area contributed by atoms with Gasteiger partial charge < -0.3 is 10.2 Å². The van der Waals surface area contributed by atoms with Gasteiger partial charge in [0, 0.05) is 38.3 Å². The molecule has 1 saturated heterocycles. The number of carbonyl (C=O) groups excluding carboxylic acids is 2. The fourth-order valence-corrected chi connectivity index (χ4v) is 3.25. The molecule has 2 aromatic rings. The molecule has 2 aromatic carbocycles. The van der Waals surface area contributed by atoms with Crippen LogP contribution in [0.2, 0.25) is 0 Å². The molecule has 0 bridgehead atoms. The van der Waals surface area contributed by atoms with E-state index in [9.17, 15) is 14.0 Å². The summed E-state index contributed by atoms with van der Waals surface area (Å²) in [5.74, 6) is -0.321. The van der Waals surface area contributed by atoms with Crippen LogP contribution in [0.1, 0.15) is 17.3 Å². The molecular formula is C21H24FN3O2. The topological polar surface area (TPSA) is 52.7 Å². The van der Waals surface area contributed by atoms with Gasteiger partial charge in [0.15, 0.2) is 0 Å². The lowest BCUT2D eigenvalue weighted by molar-refractivity contribution is -0.122. The van der Waals surface area contributed by atoms with Crippen molar-refractivity contribution in [2.24, 2.45) is 0 Å². The lowest BCUT2D eigenvalue weighted by Crippen LogP contribution is -2.51. The maximum absolute atomic E-state index is 13.5. The number of hydrogen-bond acceptors (Lipinski definition) is 3. The number of rotatable bonds is 5. The molecule has 6 heteroatoms. The van der Waals surface area contributed by atoms with Crippen LogP contribution in [0.25, 0.3) is 11.1 Å². The number of hydrogen-bond donors (Lipinski definition) is 1. The summed E-state index contributed by atoms with van der Waals surface area (Å²) in [6.45, 7) is 5.40. The predicted molar refractivity (Wildman–Crippen MR) is 103 cm³/mol. The highest BCUT2D eigenvalue weighted by atomic mass is 19.1. The Morgan fingerprint density at radius 3 is 2.33 bits per heavy atom. The average Bonchev–Trinajstić information content (AvgIpc) is 2.68. The van der Waals surface area contributed by atoms with Crippen LogP contribution < -0.4 is 5.32 Å². The van der Waals surface area contributed by atoms with Crippen molar-refractivity contribution in [1.82, 2.24) is 15.1 Å². The third kappa shape index (κ3) is 4.92. The first kappa shape index (κ1) is 19.0. The standard InChI is InChI=1S/C21H24FN3O2/c1-2-23-20(26)15-24-9-11-25(12-10-24)21(27)18-7-3-5-16(13-18)17-6-4-8-19(22)14-17/h3-8,13-14H,2,9-12,15H2,1H3,(H,23,26). The van der Waals surface area contributed by atoms with Gasteiger partial charge in [-0.3, -0.25) is 14.5 Å². The molecule has 0 aliphatic carbocycles. The molecule has 0 spiro atoms. The van der Waals surface area contributed by atoms with Gasteiger partial charge in [-0.1, -0.05) is 24.3 Å². The molecule has 0 saturated carbocycles. The molecule has 0 aromatic heterocycles. The molecule has 1 aliphatic heterocycles. The number of nitrogens with zero attached hydrogens (tertiary/aromatic N) is 2. The highest BCUT2D eigenvalue weighted by Crippen LogP contribution is 2.22. The number of nitrogens with one attached hydrogen (secondary N) is 1. The first-order chi connectivity index (χ1) is 13.1. The molecule has 0 radical (unpaired) electrons. The summed E-state index contributed by atoms with van der Waals surface area (Å²) >= 11 is 0. The number of halogens is 1. The van der Waals surface area contributed by atoms with E-state index < -0.39 is 0 Å². The Kier molecular flexibility index (Phi) is 6.19. The van der Waals surface area contributed by atoms with Gasteiger partial charge in [-0.05, 0) is 42.3 Å².